The lowest BCUT2D eigenvalue weighted by Crippen LogP contribution is -2.02. The van der Waals surface area contributed by atoms with Crippen molar-refractivity contribution in [1.29, 1.82) is 5.26 Å². The molecular formula is C17H16N2O4. The Bertz CT molecular complexity index is 718. The van der Waals surface area contributed by atoms with Crippen molar-refractivity contribution in [1.82, 2.24) is 0 Å². The number of carboxylic acids is 1. The van der Waals surface area contributed by atoms with Gasteiger partial charge in [-0.15, -0.1) is 0 Å². The number of aromatic carboxylic acids is 1. The highest BCUT2D eigenvalue weighted by Crippen LogP contribution is 2.31. The quantitative estimate of drug-likeness (QED) is 0.817. The first-order valence-corrected chi connectivity index (χ1v) is 6.67. The number of aldehydes is 1. The fourth-order valence-electron chi connectivity index (χ4n) is 1.86. The highest BCUT2D eigenvalue weighted by atomic mass is 16.5. The minimum atomic E-state index is -1.07. The summed E-state index contributed by atoms with van der Waals surface area (Å²) >= 11 is 0. The van der Waals surface area contributed by atoms with Crippen LogP contribution in [0.25, 0.3) is 11.1 Å². The van der Waals surface area contributed by atoms with Crippen LogP contribution >= 0.6 is 0 Å². The van der Waals surface area contributed by atoms with Crippen molar-refractivity contribution in [3.8, 4) is 22.9 Å². The first kappa shape index (κ1) is 17.9. The largest absolute Gasteiger partial charge is 0.485 e. The third kappa shape index (κ3) is 4.66. The third-order valence-corrected chi connectivity index (χ3v) is 2.86. The Morgan fingerprint density at radius 2 is 1.91 bits per heavy atom. The summed E-state index contributed by atoms with van der Waals surface area (Å²) in [6, 6.07) is 13.3. The maximum atomic E-state index is 11.0. The Labute approximate surface area is 133 Å². The van der Waals surface area contributed by atoms with Crippen molar-refractivity contribution < 1.29 is 19.4 Å². The van der Waals surface area contributed by atoms with Gasteiger partial charge in [0.05, 0.1) is 17.2 Å². The molecule has 3 N–H and O–H groups in total. The van der Waals surface area contributed by atoms with Crippen LogP contribution < -0.4 is 10.5 Å². The molecule has 0 saturated heterocycles. The molecule has 0 aromatic heterocycles. The second-order valence-electron chi connectivity index (χ2n) is 4.18. The molecule has 2 aromatic rings. The van der Waals surface area contributed by atoms with Gasteiger partial charge in [-0.25, -0.2) is 4.79 Å². The van der Waals surface area contributed by atoms with E-state index < -0.39 is 5.97 Å². The molecule has 0 atom stereocenters. The summed E-state index contributed by atoms with van der Waals surface area (Å²) < 4.78 is 5.29. The predicted octanol–water partition coefficient (Wildman–Crippen LogP) is 2.08. The first-order chi connectivity index (χ1) is 11.2. The normalized spacial score (nSPS) is 9.09. The summed E-state index contributed by atoms with van der Waals surface area (Å²) in [4.78, 5) is 21.4. The number of benzene rings is 2. The number of rotatable bonds is 5. The van der Waals surface area contributed by atoms with Crippen LogP contribution in [0.4, 0.5) is 0 Å². The van der Waals surface area contributed by atoms with Gasteiger partial charge in [0, 0.05) is 5.56 Å². The monoisotopic (exact) mass is 312 g/mol. The molecule has 0 spiro atoms. The van der Waals surface area contributed by atoms with E-state index in [1.54, 1.807) is 30.3 Å². The molecule has 0 amide bonds. The Morgan fingerprint density at radius 1 is 1.26 bits per heavy atom. The van der Waals surface area contributed by atoms with Crippen LogP contribution in [0.15, 0.2) is 42.5 Å². The minimum absolute atomic E-state index is 0.0771. The van der Waals surface area contributed by atoms with E-state index in [1.165, 1.54) is 19.2 Å². The molecule has 0 bridgehead atoms. The predicted molar refractivity (Wildman–Crippen MR) is 85.2 cm³/mol. The van der Waals surface area contributed by atoms with E-state index in [4.69, 9.17) is 15.1 Å². The first-order valence-electron chi connectivity index (χ1n) is 6.67. The SMILES string of the molecule is CN.N#Cc1ccc(-c2ccc(C(=O)O)cc2OCC=O)cc1. The van der Waals surface area contributed by atoms with Gasteiger partial charge in [-0.2, -0.15) is 5.26 Å². The molecular weight excluding hydrogens is 296 g/mol. The van der Waals surface area contributed by atoms with E-state index in [-0.39, 0.29) is 12.2 Å². The zero-order chi connectivity index (χ0) is 17.2. The summed E-state index contributed by atoms with van der Waals surface area (Å²) in [5, 5.41) is 17.8. The van der Waals surface area contributed by atoms with Crippen LogP contribution in [-0.4, -0.2) is 31.0 Å². The Kier molecular flexibility index (Phi) is 6.98. The Balaban J connectivity index is 0.00000127. The standard InChI is InChI=1S/C16H11NO4.CH5N/c17-10-11-1-3-12(4-2-11)14-6-5-13(16(19)20)9-15(14)21-8-7-18;1-2/h1-7,9H,8H2,(H,19,20);2H2,1H3. The maximum Gasteiger partial charge on any atom is 0.335 e. The number of carbonyl (C=O) groups excluding carboxylic acids is 1. The molecule has 2 aromatic carbocycles. The smallest absolute Gasteiger partial charge is 0.335 e. The van der Waals surface area contributed by atoms with Gasteiger partial charge in [-0.1, -0.05) is 12.1 Å². The minimum Gasteiger partial charge on any atom is -0.485 e. The molecule has 0 aliphatic heterocycles. The molecule has 0 fully saturated rings. The van der Waals surface area contributed by atoms with Crippen molar-refractivity contribution >= 4 is 12.3 Å². The molecule has 6 nitrogen and oxygen atoms in total. The summed E-state index contributed by atoms with van der Waals surface area (Å²) in [5.74, 6) is -0.760. The van der Waals surface area contributed by atoms with Crippen LogP contribution in [0.2, 0.25) is 0 Å². The van der Waals surface area contributed by atoms with Crippen molar-refractivity contribution in [2.24, 2.45) is 5.73 Å². The number of ether oxygens (including phenoxy) is 1. The zero-order valence-electron chi connectivity index (χ0n) is 12.5. The van der Waals surface area contributed by atoms with E-state index in [0.717, 1.165) is 5.56 Å². The van der Waals surface area contributed by atoms with Crippen LogP contribution in [-0.2, 0) is 4.79 Å². The number of nitrogens with zero attached hydrogens (tertiary/aromatic N) is 1. The van der Waals surface area contributed by atoms with Gasteiger partial charge in [-0.3, -0.25) is 4.79 Å². The molecule has 0 aliphatic rings. The van der Waals surface area contributed by atoms with Crippen molar-refractivity contribution in [3.63, 3.8) is 0 Å². The fraction of sp³-hybridized carbons (Fsp3) is 0.118. The Morgan fingerprint density at radius 3 is 2.43 bits per heavy atom. The molecule has 0 heterocycles. The van der Waals surface area contributed by atoms with E-state index in [0.29, 0.717) is 23.2 Å². The lowest BCUT2D eigenvalue weighted by atomic mass is 10.0. The summed E-state index contributed by atoms with van der Waals surface area (Å²) in [6.45, 7) is -0.160. The fourth-order valence-corrected chi connectivity index (χ4v) is 1.86. The second-order valence-corrected chi connectivity index (χ2v) is 4.18. The molecule has 2 rings (SSSR count). The molecule has 0 unspecified atom stereocenters. The summed E-state index contributed by atoms with van der Waals surface area (Å²) in [5.41, 5.74) is 6.53. The topological polar surface area (TPSA) is 113 Å². The van der Waals surface area contributed by atoms with Gasteiger partial charge in [0.1, 0.15) is 12.4 Å². The van der Waals surface area contributed by atoms with Gasteiger partial charge in [-0.05, 0) is 42.9 Å². The molecule has 6 heteroatoms. The average Bonchev–Trinajstić information content (AvgIpc) is 2.61. The summed E-state index contributed by atoms with van der Waals surface area (Å²) in [6.07, 6.45) is 0.593. The number of nitriles is 1. The van der Waals surface area contributed by atoms with Crippen molar-refractivity contribution in [2.45, 2.75) is 0 Å². The molecule has 0 saturated carbocycles. The molecule has 0 aliphatic carbocycles. The maximum absolute atomic E-state index is 11.0. The van der Waals surface area contributed by atoms with E-state index in [2.05, 4.69) is 5.73 Å². The van der Waals surface area contributed by atoms with E-state index in [1.807, 2.05) is 6.07 Å². The van der Waals surface area contributed by atoms with Crippen LogP contribution in [0.5, 0.6) is 5.75 Å². The molecule has 118 valence electrons. The lowest BCUT2D eigenvalue weighted by molar-refractivity contribution is -0.109. The number of nitrogens with two attached hydrogens (primary N) is 1. The number of carboxylic acid groups (broad SMARTS) is 1. The molecule has 23 heavy (non-hydrogen) atoms. The lowest BCUT2D eigenvalue weighted by Gasteiger charge is -2.11. The van der Waals surface area contributed by atoms with Crippen molar-refractivity contribution in [2.75, 3.05) is 13.7 Å². The number of hydrogen-bond donors (Lipinski definition) is 2. The van der Waals surface area contributed by atoms with Crippen LogP contribution in [0, 0.1) is 11.3 Å². The van der Waals surface area contributed by atoms with Crippen LogP contribution in [0.3, 0.4) is 0 Å². The highest BCUT2D eigenvalue weighted by molar-refractivity contribution is 5.89. The molecule has 0 radical (unpaired) electrons. The van der Waals surface area contributed by atoms with Crippen molar-refractivity contribution in [3.05, 3.63) is 53.6 Å². The van der Waals surface area contributed by atoms with E-state index in [9.17, 15) is 9.59 Å². The third-order valence-electron chi connectivity index (χ3n) is 2.86. The van der Waals surface area contributed by atoms with Gasteiger partial charge >= 0.3 is 5.97 Å². The average molecular weight is 312 g/mol. The van der Waals surface area contributed by atoms with E-state index >= 15 is 0 Å². The Hall–Kier alpha value is -3.17. The second kappa shape index (κ2) is 8.97. The van der Waals surface area contributed by atoms with Gasteiger partial charge in [0.2, 0.25) is 0 Å². The highest BCUT2D eigenvalue weighted by Gasteiger charge is 2.11. The van der Waals surface area contributed by atoms with Gasteiger partial charge in [0.15, 0.2) is 6.29 Å². The van der Waals surface area contributed by atoms with Gasteiger partial charge in [0.25, 0.3) is 0 Å². The van der Waals surface area contributed by atoms with Crippen LogP contribution in [0.1, 0.15) is 15.9 Å². The number of carbonyl (C=O) groups is 2. The number of hydrogen-bond acceptors (Lipinski definition) is 5. The summed E-state index contributed by atoms with van der Waals surface area (Å²) in [7, 11) is 1.50. The van der Waals surface area contributed by atoms with Gasteiger partial charge < -0.3 is 15.6 Å². The zero-order valence-corrected chi connectivity index (χ0v) is 12.5.